The Balaban J connectivity index is 2.14. The maximum atomic E-state index is 12.7. The molecule has 3 unspecified atom stereocenters. The molecule has 1 fully saturated rings. The minimum absolute atomic E-state index is 0.202. The van der Waals surface area contributed by atoms with Crippen LogP contribution in [-0.2, 0) is 6.18 Å². The van der Waals surface area contributed by atoms with E-state index in [1.54, 1.807) is 0 Å². The van der Waals surface area contributed by atoms with Gasteiger partial charge in [0.2, 0.25) is 0 Å². The van der Waals surface area contributed by atoms with Gasteiger partial charge in [-0.25, -0.2) is 4.98 Å². The van der Waals surface area contributed by atoms with E-state index in [1.807, 2.05) is 0 Å². The highest BCUT2D eigenvalue weighted by molar-refractivity contribution is 7.11. The maximum absolute atomic E-state index is 12.7. The normalized spacial score (nSPS) is 27.3. The smallest absolute Gasteiger partial charge is 0.314 e. The minimum Gasteiger partial charge on any atom is -0.314 e. The van der Waals surface area contributed by atoms with Crippen LogP contribution in [0.3, 0.4) is 0 Å². The van der Waals surface area contributed by atoms with Gasteiger partial charge in [-0.05, 0) is 37.1 Å². The number of alkyl halides is 3. The van der Waals surface area contributed by atoms with E-state index in [0.717, 1.165) is 42.0 Å². The predicted molar refractivity (Wildman–Crippen MR) is 79.5 cm³/mol. The molecule has 1 N–H and O–H groups in total. The summed E-state index contributed by atoms with van der Waals surface area (Å²) < 4.78 is 38.2. The summed E-state index contributed by atoms with van der Waals surface area (Å²) in [4.78, 5) is 4.39. The quantitative estimate of drug-likeness (QED) is 0.871. The van der Waals surface area contributed by atoms with E-state index in [9.17, 15) is 13.2 Å². The SMILES string of the molecule is CC1CCC(CNC(C)C)C(c2cnc(C(F)(F)F)s2)C1. The molecule has 3 atom stereocenters. The van der Waals surface area contributed by atoms with Crippen molar-refractivity contribution < 1.29 is 13.2 Å². The van der Waals surface area contributed by atoms with E-state index >= 15 is 0 Å². The third-order valence-electron chi connectivity index (χ3n) is 4.18. The lowest BCUT2D eigenvalue weighted by molar-refractivity contribution is -0.137. The Morgan fingerprint density at radius 2 is 2.10 bits per heavy atom. The summed E-state index contributed by atoms with van der Waals surface area (Å²) in [5, 5.41) is 2.71. The number of hydrogen-bond acceptors (Lipinski definition) is 3. The predicted octanol–water partition coefficient (Wildman–Crippen LogP) is 4.68. The third kappa shape index (κ3) is 4.42. The molecule has 0 bridgehead atoms. The fourth-order valence-electron chi connectivity index (χ4n) is 3.01. The molecular weight excluding hydrogens is 297 g/mol. The van der Waals surface area contributed by atoms with Gasteiger partial charge in [0.25, 0.3) is 0 Å². The number of rotatable bonds is 4. The Hall–Kier alpha value is -0.620. The van der Waals surface area contributed by atoms with Crippen molar-refractivity contribution in [1.82, 2.24) is 10.3 Å². The minimum atomic E-state index is -4.32. The van der Waals surface area contributed by atoms with Crippen LogP contribution in [0.4, 0.5) is 13.2 Å². The number of aromatic nitrogens is 1. The second kappa shape index (κ2) is 6.65. The van der Waals surface area contributed by atoms with E-state index in [4.69, 9.17) is 0 Å². The second-order valence-corrected chi connectivity index (χ2v) is 7.48. The van der Waals surface area contributed by atoms with Gasteiger partial charge in [0, 0.05) is 17.1 Å². The number of thiazole rings is 1. The molecule has 0 aromatic carbocycles. The molecule has 1 heterocycles. The number of nitrogens with zero attached hydrogens (tertiary/aromatic N) is 1. The van der Waals surface area contributed by atoms with Gasteiger partial charge in [-0.2, -0.15) is 13.2 Å². The molecule has 0 aliphatic heterocycles. The zero-order valence-electron chi connectivity index (χ0n) is 12.7. The first-order valence-corrected chi connectivity index (χ1v) is 8.35. The molecule has 1 aliphatic carbocycles. The molecule has 2 nitrogen and oxygen atoms in total. The van der Waals surface area contributed by atoms with E-state index in [0.29, 0.717) is 17.9 Å². The van der Waals surface area contributed by atoms with Crippen molar-refractivity contribution in [3.8, 4) is 0 Å². The fraction of sp³-hybridized carbons (Fsp3) is 0.800. The van der Waals surface area contributed by atoms with Crippen LogP contribution in [-0.4, -0.2) is 17.6 Å². The largest absolute Gasteiger partial charge is 0.443 e. The van der Waals surface area contributed by atoms with Gasteiger partial charge in [-0.3, -0.25) is 0 Å². The molecule has 120 valence electrons. The highest BCUT2D eigenvalue weighted by Gasteiger charge is 2.37. The van der Waals surface area contributed by atoms with Gasteiger partial charge >= 0.3 is 6.18 Å². The highest BCUT2D eigenvalue weighted by atomic mass is 32.1. The molecule has 0 amide bonds. The van der Waals surface area contributed by atoms with Crippen LogP contribution in [0.2, 0.25) is 0 Å². The maximum Gasteiger partial charge on any atom is 0.443 e. The van der Waals surface area contributed by atoms with Crippen LogP contribution in [0.15, 0.2) is 6.20 Å². The van der Waals surface area contributed by atoms with Crippen LogP contribution in [0.5, 0.6) is 0 Å². The molecule has 1 aromatic rings. The average Bonchev–Trinajstić information content (AvgIpc) is 2.86. The summed E-state index contributed by atoms with van der Waals surface area (Å²) in [6, 6.07) is 0.400. The fourth-order valence-corrected chi connectivity index (χ4v) is 4.00. The van der Waals surface area contributed by atoms with Crippen LogP contribution in [0.1, 0.15) is 55.8 Å². The second-order valence-electron chi connectivity index (χ2n) is 6.41. The molecule has 1 saturated carbocycles. The summed E-state index contributed by atoms with van der Waals surface area (Å²) in [5.74, 6) is 1.18. The Bertz CT molecular complexity index is 456. The van der Waals surface area contributed by atoms with Gasteiger partial charge < -0.3 is 5.32 Å². The van der Waals surface area contributed by atoms with E-state index in [2.05, 4.69) is 31.1 Å². The lowest BCUT2D eigenvalue weighted by atomic mass is 9.74. The van der Waals surface area contributed by atoms with Crippen LogP contribution in [0, 0.1) is 11.8 Å². The molecule has 0 saturated heterocycles. The number of halogens is 3. The van der Waals surface area contributed by atoms with Gasteiger partial charge in [0.15, 0.2) is 5.01 Å². The third-order valence-corrected chi connectivity index (χ3v) is 5.35. The lowest BCUT2D eigenvalue weighted by Gasteiger charge is -2.35. The highest BCUT2D eigenvalue weighted by Crippen LogP contribution is 2.44. The zero-order chi connectivity index (χ0) is 15.6. The molecule has 21 heavy (non-hydrogen) atoms. The Morgan fingerprint density at radius 3 is 2.67 bits per heavy atom. The zero-order valence-corrected chi connectivity index (χ0v) is 13.5. The van der Waals surface area contributed by atoms with Gasteiger partial charge in [-0.15, -0.1) is 11.3 Å². The standard InChI is InChI=1S/C15H23F3N2S/c1-9(2)19-7-11-5-4-10(3)6-12(11)13-8-20-14(21-13)15(16,17)18/h8-12,19H,4-7H2,1-3H3. The van der Waals surface area contributed by atoms with Crippen LogP contribution >= 0.6 is 11.3 Å². The summed E-state index contributed by atoms with van der Waals surface area (Å²) >= 11 is 0.822. The summed E-state index contributed by atoms with van der Waals surface area (Å²) in [5.41, 5.74) is 0. The van der Waals surface area contributed by atoms with Crippen LogP contribution in [0.25, 0.3) is 0 Å². The van der Waals surface area contributed by atoms with Crippen molar-refractivity contribution in [2.24, 2.45) is 11.8 Å². The summed E-state index contributed by atoms with van der Waals surface area (Å²) in [6.45, 7) is 7.24. The average molecular weight is 320 g/mol. The Morgan fingerprint density at radius 1 is 1.38 bits per heavy atom. The van der Waals surface area contributed by atoms with Crippen molar-refractivity contribution >= 4 is 11.3 Å². The van der Waals surface area contributed by atoms with Crippen molar-refractivity contribution in [1.29, 1.82) is 0 Å². The van der Waals surface area contributed by atoms with Gasteiger partial charge in [0.1, 0.15) is 0 Å². The first kappa shape index (κ1) is 16.7. The molecule has 6 heteroatoms. The molecule has 0 spiro atoms. The molecule has 2 rings (SSSR count). The van der Waals surface area contributed by atoms with Gasteiger partial charge in [-0.1, -0.05) is 27.2 Å². The Kier molecular flexibility index (Phi) is 5.30. The van der Waals surface area contributed by atoms with Gasteiger partial charge in [0.05, 0.1) is 0 Å². The number of nitrogens with one attached hydrogen (secondary N) is 1. The summed E-state index contributed by atoms with van der Waals surface area (Å²) in [7, 11) is 0. The molecule has 0 radical (unpaired) electrons. The summed E-state index contributed by atoms with van der Waals surface area (Å²) in [6.07, 6.45) is 0.314. The van der Waals surface area contributed by atoms with Crippen molar-refractivity contribution in [3.63, 3.8) is 0 Å². The monoisotopic (exact) mass is 320 g/mol. The molecule has 1 aromatic heterocycles. The van der Waals surface area contributed by atoms with Crippen molar-refractivity contribution in [3.05, 3.63) is 16.1 Å². The van der Waals surface area contributed by atoms with Crippen molar-refractivity contribution in [2.45, 2.75) is 58.2 Å². The van der Waals surface area contributed by atoms with Crippen LogP contribution < -0.4 is 5.32 Å². The van der Waals surface area contributed by atoms with E-state index < -0.39 is 11.2 Å². The van der Waals surface area contributed by atoms with Crippen molar-refractivity contribution in [2.75, 3.05) is 6.54 Å². The number of hydrogen-bond donors (Lipinski definition) is 1. The molecular formula is C15H23F3N2S. The van der Waals surface area contributed by atoms with E-state index in [1.165, 1.54) is 6.20 Å². The molecule has 1 aliphatic rings. The Labute approximate surface area is 128 Å². The van der Waals surface area contributed by atoms with E-state index in [-0.39, 0.29) is 5.92 Å². The first-order chi connectivity index (χ1) is 9.77. The lowest BCUT2D eigenvalue weighted by Crippen LogP contribution is -2.34. The first-order valence-electron chi connectivity index (χ1n) is 7.53. The topological polar surface area (TPSA) is 24.9 Å².